The van der Waals surface area contributed by atoms with Crippen LogP contribution in [0.15, 0.2) is 22.6 Å². The summed E-state index contributed by atoms with van der Waals surface area (Å²) in [6.45, 7) is 0. The first-order chi connectivity index (χ1) is 4.83. The van der Waals surface area contributed by atoms with Gasteiger partial charge in [-0.25, -0.2) is 0 Å². The lowest BCUT2D eigenvalue weighted by Crippen LogP contribution is -1.61. The number of rotatable bonds is 2. The fourth-order valence-corrected chi connectivity index (χ4v) is 0.986. The molecular formula is C7H5IO2. The molecule has 0 aliphatic carbocycles. The zero-order chi connectivity index (χ0) is 7.40. The summed E-state index contributed by atoms with van der Waals surface area (Å²) in [7, 11) is 0. The molecule has 0 saturated heterocycles. The average Bonchev–Trinajstić information content (AvgIpc) is 2.31. The summed E-state index contributed by atoms with van der Waals surface area (Å²) in [5.74, 6) is 0.705. The summed E-state index contributed by atoms with van der Waals surface area (Å²) >= 11 is 2.06. The molecule has 0 aliphatic heterocycles. The van der Waals surface area contributed by atoms with Crippen LogP contribution < -0.4 is 0 Å². The summed E-state index contributed by atoms with van der Waals surface area (Å²) in [4.78, 5) is 9.85. The molecule has 1 heterocycles. The Morgan fingerprint density at radius 1 is 1.50 bits per heavy atom. The highest BCUT2D eigenvalue weighted by Gasteiger charge is 1.91. The molecule has 1 aromatic heterocycles. The van der Waals surface area contributed by atoms with E-state index >= 15 is 0 Å². The van der Waals surface area contributed by atoms with E-state index in [1.807, 2.05) is 12.1 Å². The molecule has 0 aliphatic rings. The molecule has 0 fully saturated rings. The van der Waals surface area contributed by atoms with Gasteiger partial charge < -0.3 is 4.42 Å². The molecule has 10 heavy (non-hydrogen) atoms. The van der Waals surface area contributed by atoms with Crippen molar-refractivity contribution in [2.45, 2.75) is 0 Å². The first-order valence-electron chi connectivity index (χ1n) is 2.70. The van der Waals surface area contributed by atoms with Crippen LogP contribution in [0.5, 0.6) is 0 Å². The molecule has 0 bridgehead atoms. The zero-order valence-corrected chi connectivity index (χ0v) is 7.24. The van der Waals surface area contributed by atoms with Gasteiger partial charge in [0.2, 0.25) is 0 Å². The largest absolute Gasteiger partial charge is 0.451 e. The predicted molar refractivity (Wildman–Crippen MR) is 46.5 cm³/mol. The number of aldehydes is 1. The molecule has 0 atom stereocenters. The normalized spacial score (nSPS) is 10.5. The van der Waals surface area contributed by atoms with E-state index < -0.39 is 0 Å². The molecule has 0 unspecified atom stereocenters. The van der Waals surface area contributed by atoms with Crippen LogP contribution >= 0.6 is 22.6 Å². The van der Waals surface area contributed by atoms with E-state index in [4.69, 9.17) is 4.42 Å². The summed E-state index contributed by atoms with van der Waals surface area (Å²) in [6.07, 6.45) is 3.74. The van der Waals surface area contributed by atoms with Crippen molar-refractivity contribution in [3.05, 3.63) is 27.7 Å². The van der Waals surface area contributed by atoms with E-state index in [1.165, 1.54) is 6.08 Å². The van der Waals surface area contributed by atoms with Crippen molar-refractivity contribution in [3.8, 4) is 0 Å². The maximum atomic E-state index is 9.85. The van der Waals surface area contributed by atoms with Crippen molar-refractivity contribution in [2.24, 2.45) is 0 Å². The summed E-state index contributed by atoms with van der Waals surface area (Å²) in [5.41, 5.74) is 0. The SMILES string of the molecule is O=C/C=C/c1ccc(I)o1. The lowest BCUT2D eigenvalue weighted by molar-refractivity contribution is -0.104. The number of carbonyl (C=O) groups excluding carboxylic acids is 1. The highest BCUT2D eigenvalue weighted by molar-refractivity contribution is 14.1. The summed E-state index contributed by atoms with van der Waals surface area (Å²) in [6, 6.07) is 3.65. The molecule has 0 radical (unpaired) electrons. The van der Waals surface area contributed by atoms with Crippen LogP contribution in [0, 0.1) is 3.77 Å². The third-order valence-electron chi connectivity index (χ3n) is 0.933. The minimum Gasteiger partial charge on any atom is -0.451 e. The average molecular weight is 248 g/mol. The van der Waals surface area contributed by atoms with Gasteiger partial charge in [0.25, 0.3) is 0 Å². The molecule has 0 N–H and O–H groups in total. The number of allylic oxidation sites excluding steroid dienone is 1. The maximum Gasteiger partial charge on any atom is 0.164 e. The molecular weight excluding hydrogens is 243 g/mol. The van der Waals surface area contributed by atoms with Gasteiger partial charge in [-0.3, -0.25) is 4.79 Å². The Labute approximate surface area is 72.1 Å². The predicted octanol–water partition coefficient (Wildman–Crippen LogP) is 2.10. The Kier molecular flexibility index (Phi) is 2.68. The Morgan fingerprint density at radius 2 is 2.30 bits per heavy atom. The second kappa shape index (κ2) is 3.55. The van der Waals surface area contributed by atoms with Crippen LogP contribution in [0.2, 0.25) is 0 Å². The van der Waals surface area contributed by atoms with Crippen molar-refractivity contribution in [2.75, 3.05) is 0 Å². The van der Waals surface area contributed by atoms with Crippen molar-refractivity contribution < 1.29 is 9.21 Å². The van der Waals surface area contributed by atoms with Crippen molar-refractivity contribution in [3.63, 3.8) is 0 Å². The molecule has 0 aromatic carbocycles. The summed E-state index contributed by atoms with van der Waals surface area (Å²) < 4.78 is 5.95. The fourth-order valence-electron chi connectivity index (χ4n) is 0.552. The molecule has 52 valence electrons. The highest BCUT2D eigenvalue weighted by Crippen LogP contribution is 2.10. The minimum absolute atomic E-state index is 0.705. The Balaban J connectivity index is 2.75. The Hall–Kier alpha value is -0.580. The van der Waals surface area contributed by atoms with Gasteiger partial charge in [-0.05, 0) is 46.9 Å². The third kappa shape index (κ3) is 1.98. The van der Waals surface area contributed by atoms with Gasteiger partial charge in [-0.15, -0.1) is 0 Å². The van der Waals surface area contributed by atoms with E-state index in [0.717, 1.165) is 10.1 Å². The summed E-state index contributed by atoms with van der Waals surface area (Å²) in [5, 5.41) is 0. The molecule has 3 heteroatoms. The Morgan fingerprint density at radius 3 is 2.80 bits per heavy atom. The van der Waals surface area contributed by atoms with Gasteiger partial charge in [0.15, 0.2) is 3.77 Å². The number of hydrogen-bond acceptors (Lipinski definition) is 2. The molecule has 0 amide bonds. The van der Waals surface area contributed by atoms with Crippen LogP contribution in [-0.2, 0) is 4.79 Å². The number of furan rings is 1. The first kappa shape index (κ1) is 7.53. The third-order valence-corrected chi connectivity index (χ3v) is 1.51. The van der Waals surface area contributed by atoms with Crippen molar-refractivity contribution in [1.82, 2.24) is 0 Å². The Bertz CT molecular complexity index is 250. The van der Waals surface area contributed by atoms with Gasteiger partial charge in [0.1, 0.15) is 12.0 Å². The van der Waals surface area contributed by atoms with E-state index in [0.29, 0.717) is 5.76 Å². The molecule has 1 rings (SSSR count). The van der Waals surface area contributed by atoms with Crippen LogP contribution in [0.3, 0.4) is 0 Å². The van der Waals surface area contributed by atoms with Gasteiger partial charge in [-0.1, -0.05) is 0 Å². The van der Waals surface area contributed by atoms with Gasteiger partial charge in [-0.2, -0.15) is 0 Å². The second-order valence-electron chi connectivity index (χ2n) is 1.64. The quantitative estimate of drug-likeness (QED) is 0.455. The van der Waals surface area contributed by atoms with Crippen molar-refractivity contribution >= 4 is 35.0 Å². The minimum atomic E-state index is 0.705. The number of carbonyl (C=O) groups is 1. The van der Waals surface area contributed by atoms with Crippen LogP contribution in [-0.4, -0.2) is 6.29 Å². The monoisotopic (exact) mass is 248 g/mol. The second-order valence-corrected chi connectivity index (χ2v) is 2.70. The number of hydrogen-bond donors (Lipinski definition) is 0. The van der Waals surface area contributed by atoms with E-state index in [9.17, 15) is 4.79 Å². The lowest BCUT2D eigenvalue weighted by Gasteiger charge is -1.79. The van der Waals surface area contributed by atoms with Crippen LogP contribution in [0.25, 0.3) is 6.08 Å². The van der Waals surface area contributed by atoms with Crippen molar-refractivity contribution in [1.29, 1.82) is 0 Å². The highest BCUT2D eigenvalue weighted by atomic mass is 127. The zero-order valence-electron chi connectivity index (χ0n) is 5.08. The van der Waals surface area contributed by atoms with E-state index in [2.05, 4.69) is 22.6 Å². The molecule has 0 spiro atoms. The van der Waals surface area contributed by atoms with Crippen LogP contribution in [0.1, 0.15) is 5.76 Å². The standard InChI is InChI=1S/C7H5IO2/c8-7-4-3-6(10-7)2-1-5-9/h1-5H/b2-1+. The lowest BCUT2D eigenvalue weighted by atomic mass is 10.4. The van der Waals surface area contributed by atoms with Gasteiger partial charge >= 0.3 is 0 Å². The number of halogens is 1. The van der Waals surface area contributed by atoms with E-state index in [-0.39, 0.29) is 0 Å². The molecule has 1 aromatic rings. The first-order valence-corrected chi connectivity index (χ1v) is 3.78. The maximum absolute atomic E-state index is 9.85. The van der Waals surface area contributed by atoms with Gasteiger partial charge in [0.05, 0.1) is 0 Å². The van der Waals surface area contributed by atoms with Crippen LogP contribution in [0.4, 0.5) is 0 Å². The smallest absolute Gasteiger partial charge is 0.164 e. The van der Waals surface area contributed by atoms with E-state index in [1.54, 1.807) is 6.08 Å². The topological polar surface area (TPSA) is 30.2 Å². The van der Waals surface area contributed by atoms with Gasteiger partial charge in [0, 0.05) is 0 Å². The molecule has 2 nitrogen and oxygen atoms in total. The molecule has 0 saturated carbocycles. The fraction of sp³-hybridized carbons (Fsp3) is 0.